The van der Waals surface area contributed by atoms with Gasteiger partial charge in [-0.05, 0) is 19.4 Å². The molecule has 122 valence electrons. The third-order valence-electron chi connectivity index (χ3n) is 3.51. The van der Waals surface area contributed by atoms with E-state index in [0.717, 1.165) is 5.56 Å². The van der Waals surface area contributed by atoms with E-state index in [2.05, 4.69) is 5.32 Å². The van der Waals surface area contributed by atoms with Crippen molar-refractivity contribution < 1.29 is 24.1 Å². The van der Waals surface area contributed by atoms with Crippen LogP contribution >= 0.6 is 0 Å². The Morgan fingerprint density at radius 1 is 1.41 bits per heavy atom. The molecule has 1 aromatic carbocycles. The van der Waals surface area contributed by atoms with Crippen LogP contribution in [0.3, 0.4) is 0 Å². The molecule has 1 aromatic rings. The topological polar surface area (TPSA) is 77.0 Å². The molecule has 1 unspecified atom stereocenters. The number of benzene rings is 1. The van der Waals surface area contributed by atoms with Gasteiger partial charge in [0.2, 0.25) is 0 Å². The van der Waals surface area contributed by atoms with Gasteiger partial charge in [0.15, 0.2) is 5.79 Å². The molecule has 0 spiro atoms. The van der Waals surface area contributed by atoms with Gasteiger partial charge in [0.25, 0.3) is 0 Å². The van der Waals surface area contributed by atoms with Crippen LogP contribution in [-0.4, -0.2) is 42.8 Å². The maximum absolute atomic E-state index is 11.7. The zero-order valence-corrected chi connectivity index (χ0v) is 13.0. The summed E-state index contributed by atoms with van der Waals surface area (Å²) in [5.74, 6) is -0.820. The second kappa shape index (κ2) is 7.58. The quantitative estimate of drug-likeness (QED) is 0.865. The Morgan fingerprint density at radius 2 is 2.14 bits per heavy atom. The highest BCUT2D eigenvalue weighted by Gasteiger charge is 2.36. The number of carbonyl (C=O) groups is 1. The number of amides is 1. The van der Waals surface area contributed by atoms with E-state index in [1.165, 1.54) is 0 Å². The van der Waals surface area contributed by atoms with E-state index in [9.17, 15) is 9.90 Å². The number of carbonyl (C=O) groups excluding carboxylic acids is 1. The molecule has 1 amide bonds. The first-order valence-corrected chi connectivity index (χ1v) is 7.37. The Bertz CT molecular complexity index is 477. The lowest BCUT2D eigenvalue weighted by Crippen LogP contribution is -2.50. The van der Waals surface area contributed by atoms with Crippen molar-refractivity contribution in [3.05, 3.63) is 35.9 Å². The molecule has 2 N–H and O–H groups in total. The number of aliphatic hydroxyl groups excluding tert-OH is 1. The number of hydrogen-bond acceptors (Lipinski definition) is 5. The molecule has 0 saturated carbocycles. The highest BCUT2D eigenvalue weighted by Crippen LogP contribution is 2.25. The van der Waals surface area contributed by atoms with Crippen LogP contribution in [0.25, 0.3) is 0 Å². The maximum Gasteiger partial charge on any atom is 0.407 e. The van der Waals surface area contributed by atoms with E-state index in [1.807, 2.05) is 30.3 Å². The van der Waals surface area contributed by atoms with Gasteiger partial charge in [-0.3, -0.25) is 0 Å². The number of alkyl carbamates (subject to hydrolysis) is 1. The third kappa shape index (κ3) is 4.98. The largest absolute Gasteiger partial charge is 0.445 e. The molecule has 1 fully saturated rings. The molecule has 0 bridgehead atoms. The van der Waals surface area contributed by atoms with Crippen molar-refractivity contribution >= 4 is 6.09 Å². The number of nitrogens with one attached hydrogen (secondary N) is 1. The summed E-state index contributed by atoms with van der Waals surface area (Å²) in [5, 5.41) is 12.1. The van der Waals surface area contributed by atoms with Crippen LogP contribution in [0.5, 0.6) is 0 Å². The van der Waals surface area contributed by atoms with Crippen molar-refractivity contribution in [2.24, 2.45) is 5.92 Å². The van der Waals surface area contributed by atoms with Crippen LogP contribution in [0.15, 0.2) is 30.3 Å². The highest BCUT2D eigenvalue weighted by molar-refractivity contribution is 5.67. The van der Waals surface area contributed by atoms with E-state index in [1.54, 1.807) is 13.8 Å². The molecule has 0 radical (unpaired) electrons. The Morgan fingerprint density at radius 3 is 2.82 bits per heavy atom. The molecular formula is C16H23NO5. The molecule has 1 aliphatic rings. The van der Waals surface area contributed by atoms with Crippen molar-refractivity contribution in [3.8, 4) is 0 Å². The SMILES string of the molecule is CC1(C)OCC(CNC(=O)OCc2ccccc2)[C@H](CO)O1. The van der Waals surface area contributed by atoms with Gasteiger partial charge < -0.3 is 24.6 Å². The van der Waals surface area contributed by atoms with Gasteiger partial charge in [0.05, 0.1) is 19.3 Å². The molecule has 0 aliphatic carbocycles. The van der Waals surface area contributed by atoms with E-state index in [-0.39, 0.29) is 25.2 Å². The lowest BCUT2D eigenvalue weighted by Gasteiger charge is -2.40. The Balaban J connectivity index is 1.73. The van der Waals surface area contributed by atoms with E-state index in [4.69, 9.17) is 14.2 Å². The van der Waals surface area contributed by atoms with E-state index >= 15 is 0 Å². The van der Waals surface area contributed by atoms with Gasteiger partial charge in [0.1, 0.15) is 6.61 Å². The van der Waals surface area contributed by atoms with Gasteiger partial charge in [-0.25, -0.2) is 4.79 Å². The van der Waals surface area contributed by atoms with Gasteiger partial charge in [-0.15, -0.1) is 0 Å². The van der Waals surface area contributed by atoms with Crippen LogP contribution in [0, 0.1) is 5.92 Å². The molecule has 1 heterocycles. The van der Waals surface area contributed by atoms with Crippen molar-refractivity contribution in [2.75, 3.05) is 19.8 Å². The zero-order chi connectivity index (χ0) is 16.0. The minimum absolute atomic E-state index is 0.109. The highest BCUT2D eigenvalue weighted by atomic mass is 16.7. The summed E-state index contributed by atoms with van der Waals surface area (Å²) in [6.07, 6.45) is -0.858. The van der Waals surface area contributed by atoms with Crippen LogP contribution in [0.4, 0.5) is 4.79 Å². The normalized spacial score (nSPS) is 23.8. The molecule has 22 heavy (non-hydrogen) atoms. The molecule has 1 saturated heterocycles. The van der Waals surface area contributed by atoms with Crippen LogP contribution in [0.1, 0.15) is 19.4 Å². The minimum atomic E-state index is -0.711. The fourth-order valence-corrected chi connectivity index (χ4v) is 2.28. The van der Waals surface area contributed by atoms with Crippen LogP contribution in [0.2, 0.25) is 0 Å². The first-order valence-electron chi connectivity index (χ1n) is 7.37. The van der Waals surface area contributed by atoms with Crippen LogP contribution in [-0.2, 0) is 20.8 Å². The predicted octanol–water partition coefficient (Wildman–Crippen LogP) is 1.67. The number of ether oxygens (including phenoxy) is 3. The van der Waals surface area contributed by atoms with Crippen molar-refractivity contribution in [2.45, 2.75) is 32.3 Å². The summed E-state index contributed by atoms with van der Waals surface area (Å²) in [7, 11) is 0. The molecular weight excluding hydrogens is 286 g/mol. The number of rotatable bonds is 5. The van der Waals surface area contributed by atoms with Gasteiger partial charge in [-0.2, -0.15) is 0 Å². The van der Waals surface area contributed by atoms with Crippen molar-refractivity contribution in [3.63, 3.8) is 0 Å². The second-order valence-electron chi connectivity index (χ2n) is 5.75. The first kappa shape index (κ1) is 16.7. The van der Waals surface area contributed by atoms with Gasteiger partial charge in [0, 0.05) is 12.5 Å². The first-order chi connectivity index (χ1) is 10.5. The average molecular weight is 309 g/mol. The number of aliphatic hydroxyl groups is 1. The maximum atomic E-state index is 11.7. The van der Waals surface area contributed by atoms with Crippen molar-refractivity contribution in [1.82, 2.24) is 5.32 Å². The minimum Gasteiger partial charge on any atom is -0.445 e. The smallest absolute Gasteiger partial charge is 0.407 e. The fraction of sp³-hybridized carbons (Fsp3) is 0.562. The predicted molar refractivity (Wildman–Crippen MR) is 80.1 cm³/mol. The summed E-state index contributed by atoms with van der Waals surface area (Å²) in [5.41, 5.74) is 0.928. The van der Waals surface area contributed by atoms with E-state index in [0.29, 0.717) is 13.2 Å². The fourth-order valence-electron chi connectivity index (χ4n) is 2.28. The zero-order valence-electron chi connectivity index (χ0n) is 13.0. The van der Waals surface area contributed by atoms with Crippen LogP contribution < -0.4 is 5.32 Å². The van der Waals surface area contributed by atoms with Crippen molar-refractivity contribution in [1.29, 1.82) is 0 Å². The molecule has 2 atom stereocenters. The Hall–Kier alpha value is -1.63. The van der Waals surface area contributed by atoms with Gasteiger partial charge in [-0.1, -0.05) is 30.3 Å². The summed E-state index contributed by atoms with van der Waals surface area (Å²) in [6, 6.07) is 9.46. The Labute approximate surface area is 130 Å². The van der Waals surface area contributed by atoms with Gasteiger partial charge >= 0.3 is 6.09 Å². The summed E-state index contributed by atoms with van der Waals surface area (Å²) >= 11 is 0. The van der Waals surface area contributed by atoms with E-state index < -0.39 is 11.9 Å². The molecule has 2 rings (SSSR count). The third-order valence-corrected chi connectivity index (χ3v) is 3.51. The second-order valence-corrected chi connectivity index (χ2v) is 5.75. The standard InChI is InChI=1S/C16H23NO5/c1-16(2)21-11-13(14(9-18)22-16)8-17-15(19)20-10-12-6-4-3-5-7-12/h3-7,13-14,18H,8-11H2,1-2H3,(H,17,19)/t13?,14-/m0/s1. The summed E-state index contributed by atoms with van der Waals surface area (Å²) in [4.78, 5) is 11.7. The molecule has 0 aromatic heterocycles. The summed E-state index contributed by atoms with van der Waals surface area (Å²) in [6.45, 7) is 4.45. The lowest BCUT2D eigenvalue weighted by molar-refractivity contribution is -0.296. The molecule has 1 aliphatic heterocycles. The monoisotopic (exact) mass is 309 g/mol. The Kier molecular flexibility index (Phi) is 5.76. The summed E-state index contributed by atoms with van der Waals surface area (Å²) < 4.78 is 16.3. The molecule has 6 nitrogen and oxygen atoms in total. The average Bonchev–Trinajstić information content (AvgIpc) is 2.52. The molecule has 6 heteroatoms. The number of hydrogen-bond donors (Lipinski definition) is 2. The lowest BCUT2D eigenvalue weighted by atomic mass is 10.0.